The lowest BCUT2D eigenvalue weighted by atomic mass is 9.96. The van der Waals surface area contributed by atoms with Gasteiger partial charge in [0.15, 0.2) is 0 Å². The van der Waals surface area contributed by atoms with Gasteiger partial charge in [0.2, 0.25) is 11.7 Å². The molecule has 2 unspecified atom stereocenters. The van der Waals surface area contributed by atoms with Crippen molar-refractivity contribution in [1.29, 1.82) is 0 Å². The molecule has 2 aromatic heterocycles. The smallest absolute Gasteiger partial charge is 0.307 e. The van der Waals surface area contributed by atoms with Crippen LogP contribution in [-0.4, -0.2) is 26.2 Å². The number of rotatable bonds is 4. The summed E-state index contributed by atoms with van der Waals surface area (Å²) >= 11 is 0. The molecular weight excluding hydrogens is 270 g/mol. The minimum atomic E-state index is -0.788. The number of hydrogen-bond donors (Lipinski definition) is 1. The molecule has 0 aliphatic heterocycles. The number of aryl methyl sites for hydroxylation is 1. The molecule has 6 heteroatoms. The molecule has 0 saturated heterocycles. The Balaban J connectivity index is 1.91. The molecule has 1 aliphatic carbocycles. The first-order valence-electron chi connectivity index (χ1n) is 7.21. The second-order valence-corrected chi connectivity index (χ2v) is 5.30. The van der Waals surface area contributed by atoms with E-state index in [9.17, 15) is 9.90 Å². The molecule has 0 spiro atoms. The second-order valence-electron chi connectivity index (χ2n) is 5.30. The van der Waals surface area contributed by atoms with Gasteiger partial charge < -0.3 is 9.63 Å². The van der Waals surface area contributed by atoms with Crippen molar-refractivity contribution in [2.75, 3.05) is 0 Å². The van der Waals surface area contributed by atoms with Gasteiger partial charge in [0, 0.05) is 6.20 Å². The molecule has 1 saturated carbocycles. The van der Waals surface area contributed by atoms with Crippen molar-refractivity contribution in [3.8, 4) is 11.5 Å². The third-order valence-electron chi connectivity index (χ3n) is 4.08. The van der Waals surface area contributed by atoms with E-state index >= 15 is 0 Å². The number of aliphatic carboxylic acids is 1. The Labute approximate surface area is 122 Å². The third-order valence-corrected chi connectivity index (χ3v) is 4.08. The van der Waals surface area contributed by atoms with Crippen LogP contribution in [0.4, 0.5) is 0 Å². The zero-order valence-corrected chi connectivity index (χ0v) is 11.8. The average Bonchev–Trinajstić information content (AvgIpc) is 3.15. The summed E-state index contributed by atoms with van der Waals surface area (Å²) in [7, 11) is 0. The summed E-state index contributed by atoms with van der Waals surface area (Å²) in [6.07, 6.45) is 4.85. The number of aromatic nitrogens is 3. The number of nitrogens with zero attached hydrogens (tertiary/aromatic N) is 3. The summed E-state index contributed by atoms with van der Waals surface area (Å²) in [5.74, 6) is -0.532. The Morgan fingerprint density at radius 3 is 3.10 bits per heavy atom. The van der Waals surface area contributed by atoms with E-state index in [1.54, 1.807) is 6.20 Å². The zero-order chi connectivity index (χ0) is 14.8. The fourth-order valence-corrected chi connectivity index (χ4v) is 2.96. The maximum Gasteiger partial charge on any atom is 0.307 e. The molecule has 0 amide bonds. The molecule has 21 heavy (non-hydrogen) atoms. The van der Waals surface area contributed by atoms with Gasteiger partial charge in [-0.15, -0.1) is 0 Å². The minimum absolute atomic E-state index is 0.183. The molecule has 110 valence electrons. The standard InChI is InChI=1S/C15H17N3O3/c1-2-9-5-4-8-16-12(9)13-17-14(21-18-13)10-6-3-7-11(10)15(19)20/h4-5,8,10-11H,2-3,6-7H2,1H3,(H,19,20). The van der Waals surface area contributed by atoms with E-state index < -0.39 is 11.9 Å². The van der Waals surface area contributed by atoms with Crippen molar-refractivity contribution >= 4 is 5.97 Å². The largest absolute Gasteiger partial charge is 0.481 e. The van der Waals surface area contributed by atoms with Crippen molar-refractivity contribution < 1.29 is 14.4 Å². The highest BCUT2D eigenvalue weighted by atomic mass is 16.5. The second kappa shape index (κ2) is 5.63. The maximum atomic E-state index is 11.3. The summed E-state index contributed by atoms with van der Waals surface area (Å²) in [6, 6.07) is 3.86. The maximum absolute atomic E-state index is 11.3. The average molecular weight is 287 g/mol. The number of carbonyl (C=O) groups is 1. The van der Waals surface area contributed by atoms with Gasteiger partial charge in [-0.25, -0.2) is 0 Å². The van der Waals surface area contributed by atoms with Gasteiger partial charge in [0.05, 0.1) is 11.8 Å². The predicted octanol–water partition coefficient (Wildman–Crippen LogP) is 2.66. The Morgan fingerprint density at radius 2 is 2.33 bits per heavy atom. The summed E-state index contributed by atoms with van der Waals surface area (Å²) in [6.45, 7) is 2.04. The van der Waals surface area contributed by atoms with Crippen LogP contribution in [0.2, 0.25) is 0 Å². The van der Waals surface area contributed by atoms with Crippen LogP contribution in [0.25, 0.3) is 11.5 Å². The first-order valence-corrected chi connectivity index (χ1v) is 7.21. The Hall–Kier alpha value is -2.24. The molecule has 1 N–H and O–H groups in total. The number of carboxylic acids is 1. The van der Waals surface area contributed by atoms with Gasteiger partial charge in [-0.1, -0.05) is 24.6 Å². The minimum Gasteiger partial charge on any atom is -0.481 e. The molecule has 2 atom stereocenters. The first kappa shape index (κ1) is 13.7. The highest BCUT2D eigenvalue weighted by Crippen LogP contribution is 2.39. The molecule has 2 aromatic rings. The highest BCUT2D eigenvalue weighted by molar-refractivity contribution is 5.71. The van der Waals surface area contributed by atoms with Gasteiger partial charge in [-0.3, -0.25) is 9.78 Å². The quantitative estimate of drug-likeness (QED) is 0.929. The van der Waals surface area contributed by atoms with Crippen LogP contribution in [0, 0.1) is 5.92 Å². The molecule has 1 fully saturated rings. The van der Waals surface area contributed by atoms with Gasteiger partial charge in [-0.05, 0) is 30.9 Å². The summed E-state index contributed by atoms with van der Waals surface area (Å²) in [5, 5.41) is 13.2. The molecule has 0 aromatic carbocycles. The molecule has 0 bridgehead atoms. The lowest BCUT2D eigenvalue weighted by Gasteiger charge is -2.10. The van der Waals surface area contributed by atoms with Crippen molar-refractivity contribution in [1.82, 2.24) is 15.1 Å². The van der Waals surface area contributed by atoms with E-state index in [1.807, 2.05) is 19.1 Å². The monoisotopic (exact) mass is 287 g/mol. The van der Waals surface area contributed by atoms with Crippen LogP contribution in [0.3, 0.4) is 0 Å². The van der Waals surface area contributed by atoms with Crippen LogP contribution in [0.15, 0.2) is 22.9 Å². The summed E-state index contributed by atoms with van der Waals surface area (Å²) in [5.41, 5.74) is 1.76. The lowest BCUT2D eigenvalue weighted by molar-refractivity contribution is -0.142. The van der Waals surface area contributed by atoms with Gasteiger partial charge in [0.25, 0.3) is 0 Å². The van der Waals surface area contributed by atoms with E-state index in [2.05, 4.69) is 15.1 Å². The fraction of sp³-hybridized carbons (Fsp3) is 0.467. The van der Waals surface area contributed by atoms with E-state index in [-0.39, 0.29) is 5.92 Å². The van der Waals surface area contributed by atoms with Crippen molar-refractivity contribution in [2.24, 2.45) is 5.92 Å². The van der Waals surface area contributed by atoms with Crippen molar-refractivity contribution in [3.05, 3.63) is 29.8 Å². The normalized spacial score (nSPS) is 21.6. The van der Waals surface area contributed by atoms with Crippen LogP contribution in [-0.2, 0) is 11.2 Å². The van der Waals surface area contributed by atoms with E-state index in [1.165, 1.54) is 0 Å². The molecular formula is C15H17N3O3. The van der Waals surface area contributed by atoms with E-state index in [4.69, 9.17) is 4.52 Å². The highest BCUT2D eigenvalue weighted by Gasteiger charge is 2.37. The van der Waals surface area contributed by atoms with Crippen molar-refractivity contribution in [2.45, 2.75) is 38.5 Å². The topological polar surface area (TPSA) is 89.1 Å². The molecule has 3 rings (SSSR count). The van der Waals surface area contributed by atoms with Crippen molar-refractivity contribution in [3.63, 3.8) is 0 Å². The Bertz CT molecular complexity index is 653. The van der Waals surface area contributed by atoms with Gasteiger partial charge >= 0.3 is 5.97 Å². The number of carboxylic acid groups (broad SMARTS) is 1. The Kier molecular flexibility index (Phi) is 3.68. The van der Waals surface area contributed by atoms with E-state index in [0.717, 1.165) is 24.8 Å². The number of hydrogen-bond acceptors (Lipinski definition) is 5. The first-order chi connectivity index (χ1) is 10.2. The van der Waals surface area contributed by atoms with E-state index in [0.29, 0.717) is 23.8 Å². The third kappa shape index (κ3) is 2.53. The fourth-order valence-electron chi connectivity index (χ4n) is 2.96. The van der Waals surface area contributed by atoms with Gasteiger partial charge in [0.1, 0.15) is 5.69 Å². The van der Waals surface area contributed by atoms with Crippen LogP contribution in [0.5, 0.6) is 0 Å². The molecule has 1 aliphatic rings. The van der Waals surface area contributed by atoms with Crippen LogP contribution < -0.4 is 0 Å². The van der Waals surface area contributed by atoms with Crippen LogP contribution in [0.1, 0.15) is 43.6 Å². The lowest BCUT2D eigenvalue weighted by Crippen LogP contribution is -2.17. The predicted molar refractivity (Wildman–Crippen MR) is 74.6 cm³/mol. The molecule has 0 radical (unpaired) electrons. The van der Waals surface area contributed by atoms with Crippen LogP contribution >= 0.6 is 0 Å². The summed E-state index contributed by atoms with van der Waals surface area (Å²) in [4.78, 5) is 20.0. The zero-order valence-electron chi connectivity index (χ0n) is 11.8. The molecule has 2 heterocycles. The molecule has 6 nitrogen and oxygen atoms in total. The summed E-state index contributed by atoms with van der Waals surface area (Å²) < 4.78 is 5.32. The number of pyridine rings is 1. The van der Waals surface area contributed by atoms with Gasteiger partial charge in [-0.2, -0.15) is 4.98 Å². The Morgan fingerprint density at radius 1 is 1.48 bits per heavy atom. The SMILES string of the molecule is CCc1cccnc1-c1noc(C2CCCC2C(=O)O)n1.